The summed E-state index contributed by atoms with van der Waals surface area (Å²) in [5.74, 6) is 3.54. The molecule has 0 aliphatic heterocycles. The highest BCUT2D eigenvalue weighted by atomic mass is 16.5. The quantitative estimate of drug-likeness (QED) is 0.795. The Bertz CT molecular complexity index is 418. The highest BCUT2D eigenvalue weighted by Gasteiger charge is 2.12. The van der Waals surface area contributed by atoms with E-state index in [2.05, 4.69) is 26.1 Å². The van der Waals surface area contributed by atoms with Crippen molar-refractivity contribution in [2.75, 3.05) is 27.9 Å². The van der Waals surface area contributed by atoms with E-state index in [0.29, 0.717) is 17.6 Å². The van der Waals surface area contributed by atoms with E-state index in [-0.39, 0.29) is 0 Å². The van der Waals surface area contributed by atoms with Gasteiger partial charge in [-0.25, -0.2) is 0 Å². The first-order valence-corrected chi connectivity index (χ1v) is 7.03. The Hall–Kier alpha value is -1.42. The molecule has 0 amide bonds. The van der Waals surface area contributed by atoms with E-state index in [0.717, 1.165) is 30.2 Å². The molecule has 0 aliphatic carbocycles. The van der Waals surface area contributed by atoms with Crippen molar-refractivity contribution in [1.82, 2.24) is 5.32 Å². The fourth-order valence-electron chi connectivity index (χ4n) is 1.90. The fraction of sp³-hybridized carbons (Fsp3) is 0.625. The molecule has 1 aromatic carbocycles. The lowest BCUT2D eigenvalue weighted by molar-refractivity contribution is 0.346. The van der Waals surface area contributed by atoms with Crippen molar-refractivity contribution >= 4 is 0 Å². The van der Waals surface area contributed by atoms with Crippen molar-refractivity contribution in [3.63, 3.8) is 0 Å². The van der Waals surface area contributed by atoms with Crippen molar-refractivity contribution < 1.29 is 14.2 Å². The molecule has 0 spiro atoms. The smallest absolute Gasteiger partial charge is 0.164 e. The first-order chi connectivity index (χ1) is 9.53. The van der Waals surface area contributed by atoms with Gasteiger partial charge in [0.2, 0.25) is 0 Å². The summed E-state index contributed by atoms with van der Waals surface area (Å²) in [6, 6.07) is 3.83. The van der Waals surface area contributed by atoms with Crippen LogP contribution in [0, 0.1) is 11.8 Å². The van der Waals surface area contributed by atoms with E-state index in [1.54, 1.807) is 21.3 Å². The predicted octanol–water partition coefficient (Wildman–Crippen LogP) is 3.09. The van der Waals surface area contributed by atoms with Crippen molar-refractivity contribution in [3.05, 3.63) is 17.7 Å². The van der Waals surface area contributed by atoms with Crippen molar-refractivity contribution in [2.24, 2.45) is 11.8 Å². The molecule has 20 heavy (non-hydrogen) atoms. The minimum atomic E-state index is 0.640. The fourth-order valence-corrected chi connectivity index (χ4v) is 1.90. The number of ether oxygens (including phenoxy) is 3. The van der Waals surface area contributed by atoms with E-state index < -0.39 is 0 Å². The van der Waals surface area contributed by atoms with Crippen LogP contribution in [0.4, 0.5) is 0 Å². The monoisotopic (exact) mass is 281 g/mol. The molecular weight excluding hydrogens is 254 g/mol. The Balaban J connectivity index is 2.78. The molecule has 114 valence electrons. The SMILES string of the molecule is COc1cc(OC)c(OC)cc1CNCC(C)C(C)C. The van der Waals surface area contributed by atoms with Crippen LogP contribution in [0.5, 0.6) is 17.2 Å². The molecule has 1 rings (SSSR count). The van der Waals surface area contributed by atoms with Crippen LogP contribution in [-0.4, -0.2) is 27.9 Å². The first kappa shape index (κ1) is 16.6. The van der Waals surface area contributed by atoms with Crippen LogP contribution in [0.15, 0.2) is 12.1 Å². The van der Waals surface area contributed by atoms with Crippen molar-refractivity contribution in [2.45, 2.75) is 27.3 Å². The predicted molar refractivity (Wildman–Crippen MR) is 81.8 cm³/mol. The molecule has 0 aromatic heterocycles. The summed E-state index contributed by atoms with van der Waals surface area (Å²) in [4.78, 5) is 0. The van der Waals surface area contributed by atoms with Gasteiger partial charge in [0.05, 0.1) is 21.3 Å². The average molecular weight is 281 g/mol. The topological polar surface area (TPSA) is 39.7 Å². The third kappa shape index (κ3) is 4.30. The molecule has 0 radical (unpaired) electrons. The highest BCUT2D eigenvalue weighted by Crippen LogP contribution is 2.34. The molecule has 0 bridgehead atoms. The summed E-state index contributed by atoms with van der Waals surface area (Å²) in [7, 11) is 4.93. The molecule has 0 aliphatic rings. The Kier molecular flexibility index (Phi) is 6.65. The number of benzene rings is 1. The van der Waals surface area contributed by atoms with Crippen LogP contribution in [0.25, 0.3) is 0 Å². The number of hydrogen-bond acceptors (Lipinski definition) is 4. The first-order valence-electron chi connectivity index (χ1n) is 7.03. The molecule has 1 atom stereocenters. The summed E-state index contributed by atoms with van der Waals surface area (Å²) in [6.45, 7) is 8.46. The van der Waals surface area contributed by atoms with Gasteiger partial charge in [-0.3, -0.25) is 0 Å². The second kappa shape index (κ2) is 8.00. The van der Waals surface area contributed by atoms with Gasteiger partial charge < -0.3 is 19.5 Å². The van der Waals surface area contributed by atoms with Gasteiger partial charge in [-0.1, -0.05) is 20.8 Å². The third-order valence-electron chi connectivity index (χ3n) is 3.71. The average Bonchev–Trinajstić information content (AvgIpc) is 2.46. The zero-order valence-electron chi connectivity index (χ0n) is 13.4. The normalized spacial score (nSPS) is 12.3. The second-order valence-electron chi connectivity index (χ2n) is 5.37. The third-order valence-corrected chi connectivity index (χ3v) is 3.71. The van der Waals surface area contributed by atoms with Gasteiger partial charge in [0.15, 0.2) is 11.5 Å². The van der Waals surface area contributed by atoms with E-state index in [1.165, 1.54) is 0 Å². The number of rotatable bonds is 8. The standard InChI is InChI=1S/C16H27NO3/c1-11(2)12(3)9-17-10-13-7-15(19-5)16(20-6)8-14(13)18-4/h7-8,11-12,17H,9-10H2,1-6H3. The van der Waals surface area contributed by atoms with Gasteiger partial charge in [0.1, 0.15) is 5.75 Å². The molecule has 0 saturated heterocycles. The van der Waals surface area contributed by atoms with E-state index in [4.69, 9.17) is 14.2 Å². The maximum atomic E-state index is 5.42. The lowest BCUT2D eigenvalue weighted by atomic mass is 9.98. The van der Waals surface area contributed by atoms with Crippen molar-refractivity contribution in [3.8, 4) is 17.2 Å². The number of nitrogens with one attached hydrogen (secondary N) is 1. The molecule has 1 N–H and O–H groups in total. The summed E-state index contributed by atoms with van der Waals surface area (Å²) in [5, 5.41) is 3.47. The molecular formula is C16H27NO3. The van der Waals surface area contributed by atoms with Gasteiger partial charge in [-0.2, -0.15) is 0 Å². The van der Waals surface area contributed by atoms with E-state index in [1.807, 2.05) is 12.1 Å². The van der Waals surface area contributed by atoms with Crippen LogP contribution < -0.4 is 19.5 Å². The van der Waals surface area contributed by atoms with E-state index in [9.17, 15) is 0 Å². The summed E-state index contributed by atoms with van der Waals surface area (Å²) in [6.07, 6.45) is 0. The van der Waals surface area contributed by atoms with Gasteiger partial charge in [0, 0.05) is 18.2 Å². The molecule has 0 fully saturated rings. The number of methoxy groups -OCH3 is 3. The van der Waals surface area contributed by atoms with Crippen LogP contribution in [-0.2, 0) is 6.54 Å². The van der Waals surface area contributed by atoms with E-state index >= 15 is 0 Å². The highest BCUT2D eigenvalue weighted by molar-refractivity contribution is 5.50. The summed E-state index contributed by atoms with van der Waals surface area (Å²) in [5.41, 5.74) is 1.07. The zero-order valence-corrected chi connectivity index (χ0v) is 13.4. The molecule has 0 heterocycles. The minimum absolute atomic E-state index is 0.640. The van der Waals surface area contributed by atoms with Gasteiger partial charge in [-0.15, -0.1) is 0 Å². The summed E-state index contributed by atoms with van der Waals surface area (Å²) < 4.78 is 16.0. The molecule has 0 saturated carbocycles. The second-order valence-corrected chi connectivity index (χ2v) is 5.37. The lowest BCUT2D eigenvalue weighted by Crippen LogP contribution is -2.24. The van der Waals surface area contributed by atoms with Crippen LogP contribution in [0.1, 0.15) is 26.3 Å². The van der Waals surface area contributed by atoms with Gasteiger partial charge in [0.25, 0.3) is 0 Å². The minimum Gasteiger partial charge on any atom is -0.496 e. The maximum Gasteiger partial charge on any atom is 0.164 e. The van der Waals surface area contributed by atoms with Gasteiger partial charge >= 0.3 is 0 Å². The maximum absolute atomic E-state index is 5.42. The Morgan fingerprint density at radius 2 is 1.45 bits per heavy atom. The Morgan fingerprint density at radius 1 is 0.900 bits per heavy atom. The van der Waals surface area contributed by atoms with Crippen LogP contribution in [0.2, 0.25) is 0 Å². The molecule has 1 unspecified atom stereocenters. The summed E-state index contributed by atoms with van der Waals surface area (Å²) >= 11 is 0. The Morgan fingerprint density at radius 3 is 1.95 bits per heavy atom. The number of hydrogen-bond donors (Lipinski definition) is 1. The zero-order chi connectivity index (χ0) is 15.1. The lowest BCUT2D eigenvalue weighted by Gasteiger charge is -2.18. The van der Waals surface area contributed by atoms with Crippen molar-refractivity contribution in [1.29, 1.82) is 0 Å². The molecule has 1 aromatic rings. The Labute approximate surface area is 122 Å². The van der Waals surface area contributed by atoms with Gasteiger partial charge in [-0.05, 0) is 24.4 Å². The van der Waals surface area contributed by atoms with Crippen LogP contribution in [0.3, 0.4) is 0 Å². The largest absolute Gasteiger partial charge is 0.496 e. The van der Waals surface area contributed by atoms with Crippen LogP contribution >= 0.6 is 0 Å². The molecule has 4 heteroatoms. The molecule has 4 nitrogen and oxygen atoms in total.